The van der Waals surface area contributed by atoms with Gasteiger partial charge in [-0.2, -0.15) is 0 Å². The Morgan fingerprint density at radius 3 is 2.23 bits per heavy atom. The van der Waals surface area contributed by atoms with Gasteiger partial charge >= 0.3 is 11.9 Å². The van der Waals surface area contributed by atoms with E-state index >= 15 is 0 Å². The molecule has 0 aromatic heterocycles. The van der Waals surface area contributed by atoms with E-state index in [0.29, 0.717) is 11.3 Å². The number of hydrogen-bond acceptors (Lipinski definition) is 7. The van der Waals surface area contributed by atoms with Crippen LogP contribution in [0.2, 0.25) is 0 Å². The second kappa shape index (κ2) is 9.84. The fraction of sp³-hybridized carbons (Fsp3) is 0.250. The van der Waals surface area contributed by atoms with Crippen molar-refractivity contribution >= 4 is 11.9 Å². The van der Waals surface area contributed by atoms with Crippen LogP contribution < -0.4 is 10.5 Å². The monoisotopic (exact) mass is 423 g/mol. The van der Waals surface area contributed by atoms with Crippen LogP contribution in [-0.4, -0.2) is 25.7 Å². The Bertz CT molecular complexity index is 1010. The fourth-order valence-electron chi connectivity index (χ4n) is 3.38. The van der Waals surface area contributed by atoms with Crippen molar-refractivity contribution in [2.75, 3.05) is 13.7 Å². The maximum Gasteiger partial charge on any atom is 0.340 e. The normalized spacial score (nSPS) is 15.9. The maximum atomic E-state index is 13.1. The van der Waals surface area contributed by atoms with Gasteiger partial charge in [0.2, 0.25) is 5.88 Å². The van der Waals surface area contributed by atoms with Gasteiger partial charge in [0.05, 0.1) is 25.2 Å². The Labute approximate surface area is 181 Å². The summed E-state index contributed by atoms with van der Waals surface area (Å²) in [5.74, 6) is -1.25. The van der Waals surface area contributed by atoms with Gasteiger partial charge in [-0.15, -0.1) is 0 Å². The Morgan fingerprint density at radius 1 is 0.968 bits per heavy atom. The lowest BCUT2D eigenvalue weighted by molar-refractivity contribution is -0.141. The van der Waals surface area contributed by atoms with Crippen molar-refractivity contribution in [1.29, 1.82) is 0 Å². The SMILES string of the molecule is CCOC(=O)C1=C(N)OC(C)=C(C(=O)OCc2ccccc2)C1c1ccc(OC)cc1. The predicted octanol–water partition coefficient (Wildman–Crippen LogP) is 3.56. The molecule has 7 nitrogen and oxygen atoms in total. The van der Waals surface area contributed by atoms with Crippen molar-refractivity contribution in [3.05, 3.63) is 88.5 Å². The highest BCUT2D eigenvalue weighted by atomic mass is 16.5. The lowest BCUT2D eigenvalue weighted by atomic mass is 9.82. The van der Waals surface area contributed by atoms with Crippen LogP contribution in [-0.2, 0) is 30.4 Å². The molecule has 0 aliphatic carbocycles. The van der Waals surface area contributed by atoms with Gasteiger partial charge in [0.1, 0.15) is 23.7 Å². The fourth-order valence-corrected chi connectivity index (χ4v) is 3.38. The van der Waals surface area contributed by atoms with Crippen LogP contribution in [0.5, 0.6) is 5.75 Å². The van der Waals surface area contributed by atoms with Crippen LogP contribution in [0.15, 0.2) is 77.4 Å². The molecule has 1 aliphatic heterocycles. The number of benzene rings is 2. The molecule has 2 N–H and O–H groups in total. The summed E-state index contributed by atoms with van der Waals surface area (Å²) < 4.78 is 21.5. The van der Waals surface area contributed by atoms with Crippen molar-refractivity contribution in [3.8, 4) is 5.75 Å². The lowest BCUT2D eigenvalue weighted by Crippen LogP contribution is -2.30. The van der Waals surface area contributed by atoms with Gasteiger partial charge in [0.25, 0.3) is 0 Å². The number of esters is 2. The minimum Gasteiger partial charge on any atom is -0.497 e. The number of ether oxygens (including phenoxy) is 4. The van der Waals surface area contributed by atoms with Crippen molar-refractivity contribution in [2.24, 2.45) is 5.73 Å². The first-order chi connectivity index (χ1) is 15.0. The van der Waals surface area contributed by atoms with Crippen LogP contribution in [0.1, 0.15) is 30.9 Å². The molecule has 0 radical (unpaired) electrons. The largest absolute Gasteiger partial charge is 0.497 e. The first-order valence-electron chi connectivity index (χ1n) is 9.86. The number of allylic oxidation sites excluding steroid dienone is 1. The van der Waals surface area contributed by atoms with E-state index in [1.54, 1.807) is 45.2 Å². The van der Waals surface area contributed by atoms with Gasteiger partial charge < -0.3 is 24.7 Å². The summed E-state index contributed by atoms with van der Waals surface area (Å²) in [7, 11) is 1.56. The summed E-state index contributed by atoms with van der Waals surface area (Å²) in [4.78, 5) is 25.9. The lowest BCUT2D eigenvalue weighted by Gasteiger charge is -2.29. The molecule has 0 saturated heterocycles. The highest BCUT2D eigenvalue weighted by molar-refractivity contribution is 5.99. The molecule has 31 heavy (non-hydrogen) atoms. The van der Waals surface area contributed by atoms with E-state index in [9.17, 15) is 9.59 Å². The molecule has 0 saturated carbocycles. The molecule has 3 rings (SSSR count). The Morgan fingerprint density at radius 2 is 1.61 bits per heavy atom. The number of nitrogens with two attached hydrogens (primary N) is 1. The highest BCUT2D eigenvalue weighted by Gasteiger charge is 2.40. The quantitative estimate of drug-likeness (QED) is 0.680. The zero-order chi connectivity index (χ0) is 22.4. The molecule has 162 valence electrons. The van der Waals surface area contributed by atoms with E-state index in [4.69, 9.17) is 24.7 Å². The van der Waals surface area contributed by atoms with Crippen molar-refractivity contribution in [2.45, 2.75) is 26.4 Å². The van der Waals surface area contributed by atoms with Gasteiger partial charge in [-0.05, 0) is 37.1 Å². The number of methoxy groups -OCH3 is 1. The molecular weight excluding hydrogens is 398 g/mol. The van der Waals surface area contributed by atoms with Crippen LogP contribution in [0, 0.1) is 0 Å². The van der Waals surface area contributed by atoms with Crippen molar-refractivity contribution in [1.82, 2.24) is 0 Å². The van der Waals surface area contributed by atoms with E-state index in [1.165, 1.54) is 0 Å². The minimum absolute atomic E-state index is 0.0595. The van der Waals surface area contributed by atoms with Crippen LogP contribution in [0.3, 0.4) is 0 Å². The molecule has 0 bridgehead atoms. The Balaban J connectivity index is 2.00. The highest BCUT2D eigenvalue weighted by Crippen LogP contribution is 2.41. The molecule has 1 atom stereocenters. The van der Waals surface area contributed by atoms with Crippen molar-refractivity contribution in [3.63, 3.8) is 0 Å². The molecular formula is C24H25NO6. The second-order valence-electron chi connectivity index (χ2n) is 6.84. The summed E-state index contributed by atoms with van der Waals surface area (Å²) in [5.41, 5.74) is 7.80. The van der Waals surface area contributed by atoms with Gasteiger partial charge in [0, 0.05) is 0 Å². The Hall–Kier alpha value is -3.74. The van der Waals surface area contributed by atoms with E-state index in [-0.39, 0.29) is 36.0 Å². The van der Waals surface area contributed by atoms with Gasteiger partial charge in [-0.3, -0.25) is 0 Å². The van der Waals surface area contributed by atoms with Gasteiger partial charge in [-0.1, -0.05) is 42.5 Å². The van der Waals surface area contributed by atoms with Gasteiger partial charge in [-0.25, -0.2) is 9.59 Å². The van der Waals surface area contributed by atoms with Crippen LogP contribution in [0.25, 0.3) is 0 Å². The van der Waals surface area contributed by atoms with Crippen LogP contribution in [0.4, 0.5) is 0 Å². The maximum absolute atomic E-state index is 13.1. The van der Waals surface area contributed by atoms with E-state index in [2.05, 4.69) is 0 Å². The first-order valence-corrected chi connectivity index (χ1v) is 9.86. The number of carbonyl (C=O) groups is 2. The summed E-state index contributed by atoms with van der Waals surface area (Å²) in [5, 5.41) is 0. The second-order valence-corrected chi connectivity index (χ2v) is 6.84. The minimum atomic E-state index is -0.804. The summed E-state index contributed by atoms with van der Waals surface area (Å²) in [6.07, 6.45) is 0. The summed E-state index contributed by atoms with van der Waals surface area (Å²) in [6, 6.07) is 16.3. The summed E-state index contributed by atoms with van der Waals surface area (Å²) in [6.45, 7) is 3.54. The average Bonchev–Trinajstić information content (AvgIpc) is 2.78. The third kappa shape index (κ3) is 4.88. The molecule has 7 heteroatoms. The molecule has 2 aromatic carbocycles. The smallest absolute Gasteiger partial charge is 0.340 e. The molecule has 2 aromatic rings. The van der Waals surface area contributed by atoms with E-state index in [0.717, 1.165) is 5.56 Å². The molecule has 0 amide bonds. The van der Waals surface area contributed by atoms with E-state index in [1.807, 2.05) is 30.3 Å². The Kier molecular flexibility index (Phi) is 6.97. The molecule has 1 heterocycles. The molecule has 1 unspecified atom stereocenters. The first kappa shape index (κ1) is 22.0. The summed E-state index contributed by atoms with van der Waals surface area (Å²) >= 11 is 0. The third-order valence-electron chi connectivity index (χ3n) is 4.86. The molecule has 0 fully saturated rings. The topological polar surface area (TPSA) is 97.1 Å². The van der Waals surface area contributed by atoms with E-state index < -0.39 is 17.9 Å². The zero-order valence-electron chi connectivity index (χ0n) is 17.7. The predicted molar refractivity (Wildman–Crippen MR) is 114 cm³/mol. The van der Waals surface area contributed by atoms with Crippen molar-refractivity contribution < 1.29 is 28.5 Å². The molecule has 0 spiro atoms. The third-order valence-corrected chi connectivity index (χ3v) is 4.86. The van der Waals surface area contributed by atoms with Crippen LogP contribution >= 0.6 is 0 Å². The number of rotatable bonds is 7. The number of hydrogen-bond donors (Lipinski definition) is 1. The standard InChI is InChI=1S/C24H25NO6/c1-4-29-24(27)21-20(17-10-12-18(28-3)13-11-17)19(15(2)31-22(21)25)23(26)30-14-16-8-6-5-7-9-16/h5-13,20H,4,14,25H2,1-3H3. The average molecular weight is 423 g/mol. The van der Waals surface area contributed by atoms with Gasteiger partial charge in [0.15, 0.2) is 0 Å². The molecule has 1 aliphatic rings. The zero-order valence-corrected chi connectivity index (χ0v) is 17.7. The number of carbonyl (C=O) groups excluding carboxylic acids is 2.